The maximum Gasteiger partial charge on any atom is 0.329 e. The molecule has 0 aliphatic carbocycles. The third kappa shape index (κ3) is 4.25. The normalized spacial score (nSPS) is 15.2. The van der Waals surface area contributed by atoms with Crippen molar-refractivity contribution >= 4 is 11.9 Å². The molecule has 4 aromatic rings. The van der Waals surface area contributed by atoms with Crippen molar-refractivity contribution in [1.82, 2.24) is 15.0 Å². The average Bonchev–Trinajstić information content (AvgIpc) is 3.54. The van der Waals surface area contributed by atoms with Crippen LogP contribution in [-0.2, 0) is 29.1 Å². The second-order valence-corrected chi connectivity index (χ2v) is 7.53. The van der Waals surface area contributed by atoms with Crippen LogP contribution in [0, 0.1) is 5.82 Å². The van der Waals surface area contributed by atoms with Crippen LogP contribution < -0.4 is 0 Å². The van der Waals surface area contributed by atoms with E-state index in [9.17, 15) is 14.0 Å². The summed E-state index contributed by atoms with van der Waals surface area (Å²) in [4.78, 5) is 31.6. The summed E-state index contributed by atoms with van der Waals surface area (Å²) in [5.41, 5.74) is 2.48. The van der Waals surface area contributed by atoms with Crippen molar-refractivity contribution in [3.63, 3.8) is 0 Å². The zero-order chi connectivity index (χ0) is 22.8. The number of rotatable bonds is 5. The molecule has 0 spiro atoms. The van der Waals surface area contributed by atoms with Gasteiger partial charge in [0.15, 0.2) is 12.4 Å². The number of esters is 1. The molecule has 33 heavy (non-hydrogen) atoms. The van der Waals surface area contributed by atoms with Crippen molar-refractivity contribution in [2.24, 2.45) is 0 Å². The first-order valence-electron chi connectivity index (χ1n) is 10.2. The number of benzene rings is 2. The molecule has 3 heterocycles. The van der Waals surface area contributed by atoms with Gasteiger partial charge in [0, 0.05) is 18.5 Å². The fourth-order valence-corrected chi connectivity index (χ4v) is 3.74. The summed E-state index contributed by atoms with van der Waals surface area (Å²) in [6, 6.07) is 15.6. The lowest BCUT2D eigenvalue weighted by atomic mass is 9.93. The number of fused-ring (bicyclic) bond motifs is 1. The first-order valence-corrected chi connectivity index (χ1v) is 10.2. The van der Waals surface area contributed by atoms with Crippen LogP contribution in [-0.4, -0.2) is 33.0 Å². The van der Waals surface area contributed by atoms with Crippen molar-refractivity contribution in [2.75, 3.05) is 0 Å². The molecule has 5 rings (SSSR count). The Morgan fingerprint density at radius 1 is 1.06 bits per heavy atom. The summed E-state index contributed by atoms with van der Waals surface area (Å²) in [7, 11) is 0. The first-order chi connectivity index (χ1) is 16.1. The van der Waals surface area contributed by atoms with Gasteiger partial charge in [0.05, 0.1) is 6.26 Å². The lowest BCUT2D eigenvalue weighted by Crippen LogP contribution is -2.49. The van der Waals surface area contributed by atoms with Crippen LogP contribution in [0.25, 0.3) is 11.5 Å². The molecule has 0 saturated carbocycles. The average molecular weight is 447 g/mol. The molecular weight excluding hydrogens is 429 g/mol. The molecule has 1 atom stereocenters. The first kappa shape index (κ1) is 20.6. The quantitative estimate of drug-likeness (QED) is 0.429. The molecule has 8 nitrogen and oxygen atoms in total. The van der Waals surface area contributed by atoms with Gasteiger partial charge in [0.1, 0.15) is 11.9 Å². The topological polar surface area (TPSA) is 98.7 Å². The molecule has 1 aliphatic rings. The third-order valence-corrected chi connectivity index (χ3v) is 5.42. The predicted octanol–water partition coefficient (Wildman–Crippen LogP) is 3.78. The molecule has 1 amide bonds. The van der Waals surface area contributed by atoms with Gasteiger partial charge >= 0.3 is 5.97 Å². The van der Waals surface area contributed by atoms with Crippen LogP contribution in [0.2, 0.25) is 0 Å². The Labute approximate surface area is 187 Å². The van der Waals surface area contributed by atoms with Crippen LogP contribution in [0.3, 0.4) is 0 Å². The Hall–Kier alpha value is -4.27. The van der Waals surface area contributed by atoms with Crippen LogP contribution in [0.4, 0.5) is 4.39 Å². The smallest absolute Gasteiger partial charge is 0.329 e. The second-order valence-electron chi connectivity index (χ2n) is 7.53. The Bertz CT molecular complexity index is 1280. The van der Waals surface area contributed by atoms with E-state index in [1.165, 1.54) is 35.4 Å². The molecular formula is C24H18FN3O5. The number of aromatic nitrogens is 2. The lowest BCUT2D eigenvalue weighted by molar-refractivity contribution is -0.151. The minimum absolute atomic E-state index is 0.147. The summed E-state index contributed by atoms with van der Waals surface area (Å²) in [6.45, 7) is 0.0247. The van der Waals surface area contributed by atoms with E-state index < -0.39 is 17.9 Å². The highest BCUT2D eigenvalue weighted by Crippen LogP contribution is 2.26. The maximum atomic E-state index is 13.1. The molecule has 0 radical (unpaired) electrons. The van der Waals surface area contributed by atoms with E-state index in [4.69, 9.17) is 13.7 Å². The van der Waals surface area contributed by atoms with Gasteiger partial charge < -0.3 is 18.6 Å². The summed E-state index contributed by atoms with van der Waals surface area (Å²) in [6.07, 6.45) is 1.72. The molecule has 0 fully saturated rings. The van der Waals surface area contributed by atoms with Gasteiger partial charge in [-0.2, -0.15) is 4.98 Å². The Morgan fingerprint density at radius 2 is 1.85 bits per heavy atom. The van der Waals surface area contributed by atoms with Crippen molar-refractivity contribution in [3.8, 4) is 11.5 Å². The second kappa shape index (κ2) is 8.70. The van der Waals surface area contributed by atoms with Gasteiger partial charge in [0.25, 0.3) is 11.8 Å². The fraction of sp³-hybridized carbons (Fsp3) is 0.167. The number of ether oxygens (including phenoxy) is 1. The lowest BCUT2D eigenvalue weighted by Gasteiger charge is -2.34. The SMILES string of the molecule is O=C(OCc1noc(-c2ccc(F)cc2)n1)[C@@H]1Cc2ccccc2CN1C(=O)c1ccco1. The number of nitrogens with zero attached hydrogens (tertiary/aromatic N) is 3. The molecule has 2 aromatic heterocycles. The molecule has 0 unspecified atom stereocenters. The molecule has 0 saturated heterocycles. The Kier molecular flexibility index (Phi) is 5.43. The van der Waals surface area contributed by atoms with Gasteiger partial charge in [-0.15, -0.1) is 0 Å². The summed E-state index contributed by atoms with van der Waals surface area (Å²) < 4.78 is 29.0. The third-order valence-electron chi connectivity index (χ3n) is 5.42. The van der Waals surface area contributed by atoms with E-state index in [0.717, 1.165) is 11.1 Å². The molecule has 166 valence electrons. The monoisotopic (exact) mass is 447 g/mol. The van der Waals surface area contributed by atoms with Gasteiger partial charge in [-0.25, -0.2) is 9.18 Å². The number of carbonyl (C=O) groups excluding carboxylic acids is 2. The molecule has 2 aromatic carbocycles. The maximum absolute atomic E-state index is 13.1. The van der Waals surface area contributed by atoms with Crippen molar-refractivity contribution in [1.29, 1.82) is 0 Å². The van der Waals surface area contributed by atoms with E-state index in [1.54, 1.807) is 12.1 Å². The molecule has 0 N–H and O–H groups in total. The zero-order valence-corrected chi connectivity index (χ0v) is 17.3. The number of hydrogen-bond acceptors (Lipinski definition) is 7. The van der Waals surface area contributed by atoms with Gasteiger partial charge in [0.2, 0.25) is 5.82 Å². The highest BCUT2D eigenvalue weighted by molar-refractivity contribution is 5.95. The Balaban J connectivity index is 1.32. The van der Waals surface area contributed by atoms with Crippen molar-refractivity contribution in [3.05, 3.63) is 95.5 Å². The van der Waals surface area contributed by atoms with Crippen molar-refractivity contribution in [2.45, 2.75) is 25.6 Å². The zero-order valence-electron chi connectivity index (χ0n) is 17.3. The molecule has 9 heteroatoms. The summed E-state index contributed by atoms with van der Waals surface area (Å²) in [5.74, 6) is -0.873. The predicted molar refractivity (Wildman–Crippen MR) is 112 cm³/mol. The number of amides is 1. The van der Waals surface area contributed by atoms with Gasteiger partial charge in [-0.05, 0) is 47.5 Å². The number of carbonyl (C=O) groups is 2. The van der Waals surface area contributed by atoms with Gasteiger partial charge in [-0.3, -0.25) is 4.79 Å². The summed E-state index contributed by atoms with van der Waals surface area (Å²) >= 11 is 0. The minimum Gasteiger partial charge on any atom is -0.459 e. The van der Waals surface area contributed by atoms with Crippen molar-refractivity contribution < 1.29 is 27.7 Å². The standard InChI is InChI=1S/C24H18FN3O5/c25-18-9-7-15(8-10-18)22-26-21(27-33-22)14-32-24(30)19-12-16-4-1-2-5-17(16)13-28(19)23(29)20-6-3-11-31-20/h1-11,19H,12-14H2/t19-/m0/s1. The van der Waals surface area contributed by atoms with Crippen LogP contribution >= 0.6 is 0 Å². The van der Waals surface area contributed by atoms with Gasteiger partial charge in [-0.1, -0.05) is 29.4 Å². The number of furan rings is 1. The number of halogens is 1. The van der Waals surface area contributed by atoms with Crippen LogP contribution in [0.1, 0.15) is 27.5 Å². The van der Waals surface area contributed by atoms with Crippen LogP contribution in [0.5, 0.6) is 0 Å². The number of hydrogen-bond donors (Lipinski definition) is 0. The fourth-order valence-electron chi connectivity index (χ4n) is 3.74. The van der Waals surface area contributed by atoms with E-state index in [2.05, 4.69) is 10.1 Å². The largest absolute Gasteiger partial charge is 0.459 e. The van der Waals surface area contributed by atoms with E-state index in [1.807, 2.05) is 24.3 Å². The highest BCUT2D eigenvalue weighted by atomic mass is 19.1. The van der Waals surface area contributed by atoms with E-state index in [-0.39, 0.29) is 36.4 Å². The van der Waals surface area contributed by atoms with Crippen LogP contribution in [0.15, 0.2) is 75.9 Å². The molecule has 0 bridgehead atoms. The minimum atomic E-state index is -0.832. The van der Waals surface area contributed by atoms with E-state index in [0.29, 0.717) is 12.0 Å². The van der Waals surface area contributed by atoms with E-state index >= 15 is 0 Å². The summed E-state index contributed by atoms with van der Waals surface area (Å²) in [5, 5.41) is 3.81. The Morgan fingerprint density at radius 3 is 2.61 bits per heavy atom. The molecule has 1 aliphatic heterocycles. The highest BCUT2D eigenvalue weighted by Gasteiger charge is 2.37.